The first-order chi connectivity index (χ1) is 12.7. The van der Waals surface area contributed by atoms with Crippen LogP contribution in [-0.4, -0.2) is 42.9 Å². The lowest BCUT2D eigenvalue weighted by Gasteiger charge is -2.23. The van der Waals surface area contributed by atoms with Gasteiger partial charge in [-0.25, -0.2) is 4.79 Å². The third-order valence-corrected chi connectivity index (χ3v) is 4.91. The summed E-state index contributed by atoms with van der Waals surface area (Å²) in [6.07, 6.45) is 14.9. The van der Waals surface area contributed by atoms with Crippen LogP contribution in [0.25, 0.3) is 0 Å². The summed E-state index contributed by atoms with van der Waals surface area (Å²) in [5.41, 5.74) is 0. The number of hydrogen-bond donors (Lipinski definition) is 3. The Morgan fingerprint density at radius 1 is 0.808 bits per heavy atom. The molecule has 0 aliphatic carbocycles. The van der Waals surface area contributed by atoms with Crippen LogP contribution in [0, 0.1) is 0 Å². The monoisotopic (exact) mass is 370 g/mol. The van der Waals surface area contributed by atoms with Gasteiger partial charge in [-0.05, 0) is 25.7 Å². The van der Waals surface area contributed by atoms with E-state index in [0.29, 0.717) is 6.42 Å². The second-order valence-corrected chi connectivity index (χ2v) is 7.32. The molecule has 1 aliphatic rings. The number of ether oxygens (including phenoxy) is 1. The maximum atomic E-state index is 11.8. The average molecular weight is 371 g/mol. The van der Waals surface area contributed by atoms with Crippen molar-refractivity contribution >= 4 is 12.0 Å². The predicted molar refractivity (Wildman–Crippen MR) is 103 cm³/mol. The van der Waals surface area contributed by atoms with Crippen molar-refractivity contribution in [1.29, 1.82) is 0 Å². The summed E-state index contributed by atoms with van der Waals surface area (Å²) in [5, 5.41) is 14.5. The quantitative estimate of drug-likeness (QED) is 0.376. The van der Waals surface area contributed by atoms with E-state index in [-0.39, 0.29) is 12.1 Å². The third kappa shape index (κ3) is 13.9. The van der Waals surface area contributed by atoms with Crippen LogP contribution in [0.1, 0.15) is 89.9 Å². The van der Waals surface area contributed by atoms with Gasteiger partial charge in [-0.1, -0.05) is 57.8 Å². The van der Waals surface area contributed by atoms with E-state index in [1.807, 2.05) is 0 Å². The number of unbranched alkanes of at least 4 members (excludes halogenated alkanes) is 10. The van der Waals surface area contributed by atoms with Crippen LogP contribution in [-0.2, 0) is 9.53 Å². The molecule has 1 saturated heterocycles. The van der Waals surface area contributed by atoms with E-state index in [1.54, 1.807) is 0 Å². The molecule has 1 aliphatic heterocycles. The summed E-state index contributed by atoms with van der Waals surface area (Å²) in [6, 6.07) is 0.223. The first-order valence-electron chi connectivity index (χ1n) is 10.5. The summed E-state index contributed by atoms with van der Waals surface area (Å²) in [7, 11) is 0. The van der Waals surface area contributed by atoms with Crippen molar-refractivity contribution in [1.82, 2.24) is 10.6 Å². The second-order valence-electron chi connectivity index (χ2n) is 7.32. The second kappa shape index (κ2) is 15.9. The molecule has 0 radical (unpaired) electrons. The first-order valence-corrected chi connectivity index (χ1v) is 10.5. The van der Waals surface area contributed by atoms with Crippen LogP contribution in [0.15, 0.2) is 0 Å². The summed E-state index contributed by atoms with van der Waals surface area (Å²) < 4.78 is 5.28. The molecule has 0 saturated carbocycles. The van der Waals surface area contributed by atoms with E-state index in [9.17, 15) is 9.59 Å². The van der Waals surface area contributed by atoms with Crippen molar-refractivity contribution in [3.8, 4) is 0 Å². The van der Waals surface area contributed by atoms with Crippen LogP contribution in [0.4, 0.5) is 4.79 Å². The lowest BCUT2D eigenvalue weighted by molar-refractivity contribution is -0.137. The Morgan fingerprint density at radius 3 is 1.85 bits per heavy atom. The molecule has 6 heteroatoms. The van der Waals surface area contributed by atoms with Crippen LogP contribution < -0.4 is 10.6 Å². The minimum absolute atomic E-state index is 0.0414. The predicted octanol–water partition coefficient (Wildman–Crippen LogP) is 4.23. The number of carbonyl (C=O) groups excluding carboxylic acids is 1. The van der Waals surface area contributed by atoms with Gasteiger partial charge in [0.25, 0.3) is 0 Å². The summed E-state index contributed by atoms with van der Waals surface area (Å²) in [4.78, 5) is 22.1. The molecule has 1 rings (SSSR count). The van der Waals surface area contributed by atoms with Crippen LogP contribution in [0.5, 0.6) is 0 Å². The molecule has 152 valence electrons. The van der Waals surface area contributed by atoms with E-state index in [2.05, 4.69) is 10.6 Å². The van der Waals surface area contributed by atoms with Crippen molar-refractivity contribution in [3.63, 3.8) is 0 Å². The van der Waals surface area contributed by atoms with E-state index in [1.165, 1.54) is 44.9 Å². The molecule has 0 atom stereocenters. The van der Waals surface area contributed by atoms with Crippen molar-refractivity contribution in [2.75, 3.05) is 19.8 Å². The van der Waals surface area contributed by atoms with Gasteiger partial charge < -0.3 is 20.5 Å². The minimum Gasteiger partial charge on any atom is -0.481 e. The number of aliphatic carboxylic acids is 1. The molecule has 1 heterocycles. The van der Waals surface area contributed by atoms with Gasteiger partial charge in [0.1, 0.15) is 0 Å². The van der Waals surface area contributed by atoms with E-state index in [0.717, 1.165) is 58.3 Å². The highest BCUT2D eigenvalue weighted by Crippen LogP contribution is 2.12. The Kier molecular flexibility index (Phi) is 13.9. The zero-order valence-corrected chi connectivity index (χ0v) is 16.3. The minimum atomic E-state index is -0.680. The average Bonchev–Trinajstić information content (AvgIpc) is 2.62. The number of carboxylic acid groups (broad SMARTS) is 1. The van der Waals surface area contributed by atoms with E-state index in [4.69, 9.17) is 9.84 Å². The number of hydrogen-bond acceptors (Lipinski definition) is 3. The SMILES string of the molecule is O=C(O)CCCCCCCCCCCCCNC(=O)NC1CCOCC1. The number of rotatable bonds is 15. The standard InChI is InChI=1S/C20H38N2O4/c23-19(24)12-10-8-6-4-2-1-3-5-7-9-11-15-21-20(25)22-18-13-16-26-17-14-18/h18H,1-17H2,(H,23,24)(H2,21,22,25). The lowest BCUT2D eigenvalue weighted by Crippen LogP contribution is -2.44. The number of carbonyl (C=O) groups is 2. The molecule has 1 fully saturated rings. The molecular formula is C20H38N2O4. The largest absolute Gasteiger partial charge is 0.481 e. The Bertz CT molecular complexity index is 371. The van der Waals surface area contributed by atoms with Gasteiger partial charge in [0.15, 0.2) is 0 Å². The number of urea groups is 1. The fourth-order valence-corrected chi connectivity index (χ4v) is 3.27. The number of carboxylic acids is 1. The Labute approximate surface area is 158 Å². The van der Waals surface area contributed by atoms with Crippen molar-refractivity contribution in [2.45, 2.75) is 95.9 Å². The van der Waals surface area contributed by atoms with Gasteiger partial charge >= 0.3 is 12.0 Å². The molecular weight excluding hydrogens is 332 g/mol. The van der Waals surface area contributed by atoms with Gasteiger partial charge in [-0.3, -0.25) is 4.79 Å². The molecule has 0 aromatic carbocycles. The molecule has 2 amide bonds. The maximum Gasteiger partial charge on any atom is 0.315 e. The zero-order valence-electron chi connectivity index (χ0n) is 16.3. The Morgan fingerprint density at radius 2 is 1.31 bits per heavy atom. The van der Waals surface area contributed by atoms with Crippen LogP contribution >= 0.6 is 0 Å². The topological polar surface area (TPSA) is 87.7 Å². The fraction of sp³-hybridized carbons (Fsp3) is 0.900. The van der Waals surface area contributed by atoms with Gasteiger partial charge in [0, 0.05) is 32.2 Å². The van der Waals surface area contributed by atoms with Crippen LogP contribution in [0.3, 0.4) is 0 Å². The molecule has 26 heavy (non-hydrogen) atoms. The zero-order chi connectivity index (χ0) is 18.9. The first kappa shape index (κ1) is 22.7. The number of nitrogens with one attached hydrogen (secondary N) is 2. The smallest absolute Gasteiger partial charge is 0.315 e. The Hall–Kier alpha value is -1.30. The molecule has 0 spiro atoms. The van der Waals surface area contributed by atoms with Crippen molar-refractivity contribution in [3.05, 3.63) is 0 Å². The third-order valence-electron chi connectivity index (χ3n) is 4.91. The molecule has 0 bridgehead atoms. The van der Waals surface area contributed by atoms with Gasteiger partial charge in [0.2, 0.25) is 0 Å². The maximum absolute atomic E-state index is 11.8. The summed E-state index contributed by atoms with van der Waals surface area (Å²) >= 11 is 0. The van der Waals surface area contributed by atoms with Gasteiger partial charge in [0.05, 0.1) is 0 Å². The molecule has 0 aromatic heterocycles. The highest BCUT2D eigenvalue weighted by molar-refractivity contribution is 5.74. The lowest BCUT2D eigenvalue weighted by atomic mass is 10.1. The highest BCUT2D eigenvalue weighted by Gasteiger charge is 2.15. The number of amides is 2. The van der Waals surface area contributed by atoms with E-state index >= 15 is 0 Å². The Balaban J connectivity index is 1.75. The highest BCUT2D eigenvalue weighted by atomic mass is 16.5. The summed E-state index contributed by atoms with van der Waals surface area (Å²) in [6.45, 7) is 2.25. The van der Waals surface area contributed by atoms with Gasteiger partial charge in [-0.2, -0.15) is 0 Å². The molecule has 3 N–H and O–H groups in total. The van der Waals surface area contributed by atoms with E-state index < -0.39 is 5.97 Å². The van der Waals surface area contributed by atoms with Crippen molar-refractivity contribution in [2.24, 2.45) is 0 Å². The fourth-order valence-electron chi connectivity index (χ4n) is 3.27. The van der Waals surface area contributed by atoms with Crippen molar-refractivity contribution < 1.29 is 19.4 Å². The molecule has 0 unspecified atom stereocenters. The van der Waals surface area contributed by atoms with Gasteiger partial charge in [-0.15, -0.1) is 0 Å². The summed E-state index contributed by atoms with van der Waals surface area (Å²) in [5.74, 6) is -0.680. The normalized spacial score (nSPS) is 14.9. The van der Waals surface area contributed by atoms with Crippen LogP contribution in [0.2, 0.25) is 0 Å². The molecule has 6 nitrogen and oxygen atoms in total. The molecule has 0 aromatic rings.